The molecule has 1 unspecified atom stereocenters. The molecule has 0 aromatic heterocycles. The van der Waals surface area contributed by atoms with Crippen molar-refractivity contribution in [2.75, 3.05) is 7.11 Å². The zero-order chi connectivity index (χ0) is 15.4. The van der Waals surface area contributed by atoms with E-state index in [4.69, 9.17) is 14.0 Å². The van der Waals surface area contributed by atoms with Crippen LogP contribution in [-0.2, 0) is 20.5 Å². The predicted octanol–water partition coefficient (Wildman–Crippen LogP) is 2.76. The van der Waals surface area contributed by atoms with Gasteiger partial charge >= 0.3 is 7.12 Å². The first-order valence-corrected chi connectivity index (χ1v) is 7.46. The molecule has 0 saturated carbocycles. The van der Waals surface area contributed by atoms with Crippen LogP contribution in [0.4, 0.5) is 4.39 Å². The average molecular weight is 292 g/mol. The van der Waals surface area contributed by atoms with E-state index in [-0.39, 0.29) is 11.9 Å². The van der Waals surface area contributed by atoms with E-state index in [1.165, 1.54) is 0 Å². The Morgan fingerprint density at radius 2 is 1.81 bits per heavy atom. The summed E-state index contributed by atoms with van der Waals surface area (Å²) in [5.41, 5.74) is 1.66. The van der Waals surface area contributed by atoms with Crippen molar-refractivity contribution in [2.24, 2.45) is 0 Å². The van der Waals surface area contributed by atoms with Crippen LogP contribution in [0.3, 0.4) is 0 Å². The van der Waals surface area contributed by atoms with E-state index in [0.29, 0.717) is 5.46 Å². The van der Waals surface area contributed by atoms with E-state index >= 15 is 0 Å². The van der Waals surface area contributed by atoms with E-state index in [1.807, 2.05) is 33.8 Å². The molecule has 3 nitrogen and oxygen atoms in total. The first kappa shape index (κ1) is 15.0. The van der Waals surface area contributed by atoms with Gasteiger partial charge in [0.25, 0.3) is 0 Å². The summed E-state index contributed by atoms with van der Waals surface area (Å²) >= 11 is 0. The third-order valence-corrected chi connectivity index (χ3v) is 5.07. The van der Waals surface area contributed by atoms with E-state index in [0.717, 1.165) is 24.0 Å². The Balaban J connectivity index is 1.95. The minimum atomic E-state index is -0.651. The molecule has 5 heteroatoms. The van der Waals surface area contributed by atoms with Gasteiger partial charge in [-0.1, -0.05) is 6.07 Å². The molecule has 2 aliphatic rings. The van der Waals surface area contributed by atoms with Gasteiger partial charge < -0.3 is 14.0 Å². The summed E-state index contributed by atoms with van der Waals surface area (Å²) in [7, 11) is 1.02. The van der Waals surface area contributed by atoms with Crippen LogP contribution in [-0.4, -0.2) is 25.4 Å². The molecule has 0 radical (unpaired) electrons. The lowest BCUT2D eigenvalue weighted by molar-refractivity contribution is 0.00578. The fourth-order valence-corrected chi connectivity index (χ4v) is 3.01. The van der Waals surface area contributed by atoms with Gasteiger partial charge in [-0.2, -0.15) is 0 Å². The van der Waals surface area contributed by atoms with Gasteiger partial charge in [-0.15, -0.1) is 0 Å². The largest absolute Gasteiger partial charge is 0.497 e. The third-order valence-electron chi connectivity index (χ3n) is 5.07. The second-order valence-electron chi connectivity index (χ2n) is 6.92. The maximum Gasteiger partial charge on any atom is 0.497 e. The summed E-state index contributed by atoms with van der Waals surface area (Å²) in [6.07, 6.45) is 1.81. The molecule has 1 fully saturated rings. The lowest BCUT2D eigenvalue weighted by atomic mass is 9.77. The molecule has 1 aliphatic carbocycles. The Kier molecular flexibility index (Phi) is 3.43. The van der Waals surface area contributed by atoms with Gasteiger partial charge in [0.15, 0.2) is 0 Å². The topological polar surface area (TPSA) is 27.7 Å². The van der Waals surface area contributed by atoms with Gasteiger partial charge in [0.2, 0.25) is 0 Å². The summed E-state index contributed by atoms with van der Waals surface area (Å²) in [5.74, 6) is -0.281. The van der Waals surface area contributed by atoms with E-state index < -0.39 is 18.3 Å². The van der Waals surface area contributed by atoms with Crippen molar-refractivity contribution in [3.05, 3.63) is 29.1 Å². The van der Waals surface area contributed by atoms with Crippen LogP contribution in [0.15, 0.2) is 12.1 Å². The highest BCUT2D eigenvalue weighted by molar-refractivity contribution is 6.62. The molecule has 114 valence electrons. The van der Waals surface area contributed by atoms with E-state index in [1.54, 1.807) is 13.2 Å². The van der Waals surface area contributed by atoms with Gasteiger partial charge in [0, 0.05) is 12.6 Å². The van der Waals surface area contributed by atoms with Crippen molar-refractivity contribution in [3.8, 4) is 0 Å². The summed E-state index contributed by atoms with van der Waals surface area (Å²) < 4.78 is 31.8. The fraction of sp³-hybridized carbons (Fsp3) is 0.625. The molecule has 1 saturated heterocycles. The molecule has 1 heterocycles. The highest BCUT2D eigenvalue weighted by Crippen LogP contribution is 2.38. The average Bonchev–Trinajstić information content (AvgIpc) is 2.86. The lowest BCUT2D eigenvalue weighted by Gasteiger charge is -2.32. The van der Waals surface area contributed by atoms with Crippen LogP contribution in [0.25, 0.3) is 0 Å². The number of hydrogen-bond donors (Lipinski definition) is 0. The summed E-state index contributed by atoms with van der Waals surface area (Å²) in [4.78, 5) is 0. The van der Waals surface area contributed by atoms with Crippen molar-refractivity contribution >= 4 is 12.6 Å². The Bertz CT molecular complexity index is 555. The van der Waals surface area contributed by atoms with E-state index in [9.17, 15) is 4.39 Å². The van der Waals surface area contributed by atoms with Crippen molar-refractivity contribution in [1.29, 1.82) is 0 Å². The van der Waals surface area contributed by atoms with Gasteiger partial charge in [0.1, 0.15) is 5.82 Å². The number of hydrogen-bond acceptors (Lipinski definition) is 3. The van der Waals surface area contributed by atoms with E-state index in [2.05, 4.69) is 0 Å². The van der Waals surface area contributed by atoms with Gasteiger partial charge in [0.05, 0.1) is 17.3 Å². The fourth-order valence-electron chi connectivity index (χ4n) is 3.01. The standard InChI is InChI=1S/C16H22BFO3/c1-15(2)16(3,4)21-17(20-15)12-8-10-6-7-14(19-5)11(10)9-13(12)18/h8-9,14H,6-7H2,1-5H3. The number of halogens is 1. The monoisotopic (exact) mass is 292 g/mol. The number of methoxy groups -OCH3 is 1. The first-order valence-electron chi connectivity index (χ1n) is 7.46. The highest BCUT2D eigenvalue weighted by Gasteiger charge is 2.52. The van der Waals surface area contributed by atoms with Gasteiger partial charge in [-0.05, 0) is 57.7 Å². The zero-order valence-electron chi connectivity index (χ0n) is 13.3. The lowest BCUT2D eigenvalue weighted by Crippen LogP contribution is -2.41. The molecule has 0 bridgehead atoms. The molecule has 0 spiro atoms. The molecule has 0 amide bonds. The van der Waals surface area contributed by atoms with Crippen LogP contribution in [0, 0.1) is 5.82 Å². The molecule has 0 N–H and O–H groups in total. The maximum absolute atomic E-state index is 14.5. The quantitative estimate of drug-likeness (QED) is 0.784. The molecule has 21 heavy (non-hydrogen) atoms. The predicted molar refractivity (Wildman–Crippen MR) is 80.2 cm³/mol. The second-order valence-corrected chi connectivity index (χ2v) is 6.92. The van der Waals surface area contributed by atoms with Crippen molar-refractivity contribution in [2.45, 2.75) is 57.8 Å². The second kappa shape index (κ2) is 4.80. The Labute approximate surface area is 125 Å². The molecule has 1 aliphatic heterocycles. The van der Waals surface area contributed by atoms with Crippen molar-refractivity contribution in [1.82, 2.24) is 0 Å². The molecule has 1 aromatic rings. The molecular weight excluding hydrogens is 270 g/mol. The summed E-state index contributed by atoms with van der Waals surface area (Å²) in [6.45, 7) is 7.89. The Morgan fingerprint density at radius 3 is 2.38 bits per heavy atom. The van der Waals surface area contributed by atoms with Crippen LogP contribution in [0.1, 0.15) is 51.3 Å². The molecular formula is C16H22BFO3. The van der Waals surface area contributed by atoms with Crippen LogP contribution >= 0.6 is 0 Å². The number of aryl methyl sites for hydroxylation is 1. The molecule has 3 rings (SSSR count). The number of benzene rings is 1. The van der Waals surface area contributed by atoms with Crippen LogP contribution in [0.5, 0.6) is 0 Å². The van der Waals surface area contributed by atoms with Crippen LogP contribution in [0.2, 0.25) is 0 Å². The summed E-state index contributed by atoms with van der Waals surface area (Å²) in [5, 5.41) is 0. The summed E-state index contributed by atoms with van der Waals surface area (Å²) in [6, 6.07) is 3.46. The SMILES string of the molecule is COC1CCc2cc(B3OC(C)(C)C(C)(C)O3)c(F)cc21. The smallest absolute Gasteiger partial charge is 0.399 e. The maximum atomic E-state index is 14.5. The normalized spacial score (nSPS) is 26.2. The van der Waals surface area contributed by atoms with Crippen molar-refractivity contribution < 1.29 is 18.4 Å². The number of rotatable bonds is 2. The highest BCUT2D eigenvalue weighted by atomic mass is 19.1. The Morgan fingerprint density at radius 1 is 1.19 bits per heavy atom. The van der Waals surface area contributed by atoms with Gasteiger partial charge in [-0.25, -0.2) is 4.39 Å². The van der Waals surface area contributed by atoms with Gasteiger partial charge in [-0.3, -0.25) is 0 Å². The van der Waals surface area contributed by atoms with Crippen molar-refractivity contribution in [3.63, 3.8) is 0 Å². The zero-order valence-corrected chi connectivity index (χ0v) is 13.3. The molecule has 1 aromatic carbocycles. The minimum absolute atomic E-state index is 0.00171. The van der Waals surface area contributed by atoms with Crippen LogP contribution < -0.4 is 5.46 Å². The Hall–Kier alpha value is -0.905. The first-order chi connectivity index (χ1) is 9.75. The third kappa shape index (κ3) is 2.32. The minimum Gasteiger partial charge on any atom is -0.399 e. The number of ether oxygens (including phenoxy) is 1. The number of fused-ring (bicyclic) bond motifs is 1. The molecule has 1 atom stereocenters.